The quantitative estimate of drug-likeness (QED) is 0.286. The number of esters is 1. The number of nitrogens with one attached hydrogen (secondary N) is 2. The number of hydrogen-bond acceptors (Lipinski definition) is 6. The van der Waals surface area contributed by atoms with Gasteiger partial charge in [-0.2, -0.15) is 0 Å². The maximum atomic E-state index is 11.9. The SMILES string of the molecule is CCCCC[C@H](C)NC(=O)CSc1nc(CC(=O)OC)cc(=O)[nH]1. The number of carbonyl (C=O) groups excluding carboxylic acids is 2. The largest absolute Gasteiger partial charge is 0.469 e. The fourth-order valence-corrected chi connectivity index (χ4v) is 2.79. The van der Waals surface area contributed by atoms with Crippen molar-refractivity contribution in [2.75, 3.05) is 12.9 Å². The zero-order valence-electron chi connectivity index (χ0n) is 14.4. The lowest BCUT2D eigenvalue weighted by molar-refractivity contribution is -0.139. The molecule has 1 aromatic rings. The molecule has 134 valence electrons. The molecule has 1 heterocycles. The lowest BCUT2D eigenvalue weighted by Gasteiger charge is -2.13. The second kappa shape index (κ2) is 10.9. The van der Waals surface area contributed by atoms with Crippen LogP contribution in [0, 0.1) is 0 Å². The number of ether oxygens (including phenoxy) is 1. The summed E-state index contributed by atoms with van der Waals surface area (Å²) in [6, 6.07) is 1.37. The molecular weight excluding hydrogens is 330 g/mol. The van der Waals surface area contributed by atoms with Crippen LogP contribution in [0.2, 0.25) is 0 Å². The second-order valence-corrected chi connectivity index (χ2v) is 6.51. The molecule has 0 aliphatic heterocycles. The zero-order valence-corrected chi connectivity index (χ0v) is 15.2. The highest BCUT2D eigenvalue weighted by molar-refractivity contribution is 7.99. The van der Waals surface area contributed by atoms with Gasteiger partial charge in [-0.25, -0.2) is 4.98 Å². The Morgan fingerprint density at radius 2 is 2.17 bits per heavy atom. The third-order valence-electron chi connectivity index (χ3n) is 3.31. The minimum Gasteiger partial charge on any atom is -0.469 e. The van der Waals surface area contributed by atoms with Crippen molar-refractivity contribution >= 4 is 23.6 Å². The normalized spacial score (nSPS) is 11.8. The fraction of sp³-hybridized carbons (Fsp3) is 0.625. The van der Waals surface area contributed by atoms with Crippen LogP contribution in [0.15, 0.2) is 16.0 Å². The fourth-order valence-electron chi connectivity index (χ4n) is 2.09. The molecule has 0 fully saturated rings. The summed E-state index contributed by atoms with van der Waals surface area (Å²) in [6.45, 7) is 4.12. The summed E-state index contributed by atoms with van der Waals surface area (Å²) < 4.78 is 4.55. The summed E-state index contributed by atoms with van der Waals surface area (Å²) in [5.74, 6) is -0.421. The first-order valence-electron chi connectivity index (χ1n) is 8.03. The van der Waals surface area contributed by atoms with Gasteiger partial charge < -0.3 is 15.0 Å². The number of aromatic amines is 1. The number of amides is 1. The van der Waals surface area contributed by atoms with Crippen LogP contribution >= 0.6 is 11.8 Å². The molecule has 24 heavy (non-hydrogen) atoms. The van der Waals surface area contributed by atoms with Gasteiger partial charge in [0.15, 0.2) is 5.16 Å². The minimum atomic E-state index is -0.470. The molecule has 0 radical (unpaired) electrons. The molecule has 0 aromatic carbocycles. The molecule has 0 aliphatic carbocycles. The van der Waals surface area contributed by atoms with Gasteiger partial charge in [-0.1, -0.05) is 37.9 Å². The van der Waals surface area contributed by atoms with E-state index >= 15 is 0 Å². The number of methoxy groups -OCH3 is 1. The number of aromatic nitrogens is 2. The van der Waals surface area contributed by atoms with Gasteiger partial charge in [0.1, 0.15) is 0 Å². The van der Waals surface area contributed by atoms with Crippen LogP contribution in [0.1, 0.15) is 45.2 Å². The van der Waals surface area contributed by atoms with Crippen LogP contribution in [0.4, 0.5) is 0 Å². The van der Waals surface area contributed by atoms with Crippen LogP contribution in [0.3, 0.4) is 0 Å². The number of carbonyl (C=O) groups is 2. The molecule has 8 heteroatoms. The van der Waals surface area contributed by atoms with E-state index in [-0.39, 0.29) is 29.7 Å². The van der Waals surface area contributed by atoms with E-state index in [1.165, 1.54) is 13.2 Å². The first-order valence-corrected chi connectivity index (χ1v) is 9.02. The highest BCUT2D eigenvalue weighted by atomic mass is 32.2. The molecule has 0 saturated heterocycles. The first kappa shape index (κ1) is 20.2. The van der Waals surface area contributed by atoms with Crippen LogP contribution in [0.5, 0.6) is 0 Å². The summed E-state index contributed by atoms with van der Waals surface area (Å²) in [5.41, 5.74) is -0.0406. The molecule has 0 unspecified atom stereocenters. The molecule has 1 atom stereocenters. The van der Waals surface area contributed by atoms with Gasteiger partial charge in [0.05, 0.1) is 25.0 Å². The molecular formula is C16H25N3O4S. The Labute approximate surface area is 146 Å². The second-order valence-electron chi connectivity index (χ2n) is 5.55. The summed E-state index contributed by atoms with van der Waals surface area (Å²) in [6.07, 6.45) is 4.28. The van der Waals surface area contributed by atoms with Gasteiger partial charge >= 0.3 is 5.97 Å². The highest BCUT2D eigenvalue weighted by Gasteiger charge is 2.11. The lowest BCUT2D eigenvalue weighted by Crippen LogP contribution is -2.33. The van der Waals surface area contributed by atoms with Crippen molar-refractivity contribution in [1.82, 2.24) is 15.3 Å². The van der Waals surface area contributed by atoms with Crippen molar-refractivity contribution in [1.29, 1.82) is 0 Å². The maximum Gasteiger partial charge on any atom is 0.311 e. The van der Waals surface area contributed by atoms with Crippen LogP contribution < -0.4 is 10.9 Å². The third kappa shape index (κ3) is 8.14. The van der Waals surface area contributed by atoms with Crippen molar-refractivity contribution in [2.45, 2.75) is 57.1 Å². The molecule has 1 rings (SSSR count). The van der Waals surface area contributed by atoms with Crippen molar-refractivity contribution in [2.24, 2.45) is 0 Å². The molecule has 7 nitrogen and oxygen atoms in total. The molecule has 1 amide bonds. The number of rotatable bonds is 10. The Morgan fingerprint density at radius 3 is 2.83 bits per heavy atom. The average molecular weight is 355 g/mol. The smallest absolute Gasteiger partial charge is 0.311 e. The van der Waals surface area contributed by atoms with Crippen molar-refractivity contribution in [3.63, 3.8) is 0 Å². The number of thioether (sulfide) groups is 1. The van der Waals surface area contributed by atoms with E-state index < -0.39 is 5.97 Å². The molecule has 0 saturated carbocycles. The number of nitrogens with zero attached hydrogens (tertiary/aromatic N) is 1. The van der Waals surface area contributed by atoms with Crippen LogP contribution in [-0.2, 0) is 20.7 Å². The maximum absolute atomic E-state index is 11.9. The Morgan fingerprint density at radius 1 is 1.42 bits per heavy atom. The average Bonchev–Trinajstić information content (AvgIpc) is 2.52. The van der Waals surface area contributed by atoms with E-state index in [9.17, 15) is 14.4 Å². The van der Waals surface area contributed by atoms with E-state index in [0.29, 0.717) is 10.9 Å². The minimum absolute atomic E-state index is 0.0748. The topological polar surface area (TPSA) is 101 Å². The number of unbranched alkanes of at least 4 members (excludes halogenated alkanes) is 2. The first-order chi connectivity index (χ1) is 11.4. The molecule has 2 N–H and O–H groups in total. The van der Waals surface area contributed by atoms with E-state index in [4.69, 9.17) is 0 Å². The zero-order chi connectivity index (χ0) is 17.9. The van der Waals surface area contributed by atoms with Crippen molar-refractivity contribution < 1.29 is 14.3 Å². The van der Waals surface area contributed by atoms with Gasteiger partial charge in [-0.05, 0) is 13.3 Å². The summed E-state index contributed by atoms with van der Waals surface area (Å²) in [7, 11) is 1.27. The predicted octanol–water partition coefficient (Wildman–Crippen LogP) is 1.66. The van der Waals surface area contributed by atoms with Crippen LogP contribution in [-0.4, -0.2) is 40.7 Å². The lowest BCUT2D eigenvalue weighted by atomic mass is 10.1. The Bertz CT molecular complexity index is 603. The van der Waals surface area contributed by atoms with Gasteiger partial charge in [-0.3, -0.25) is 14.4 Å². The number of H-pyrrole nitrogens is 1. The molecule has 0 spiro atoms. The monoisotopic (exact) mass is 355 g/mol. The molecule has 1 aromatic heterocycles. The summed E-state index contributed by atoms with van der Waals surface area (Å²) in [4.78, 5) is 41.5. The third-order valence-corrected chi connectivity index (χ3v) is 4.19. The van der Waals surface area contributed by atoms with Crippen molar-refractivity contribution in [3.05, 3.63) is 22.1 Å². The van der Waals surface area contributed by atoms with Gasteiger partial charge in [-0.15, -0.1) is 0 Å². The van der Waals surface area contributed by atoms with Gasteiger partial charge in [0.25, 0.3) is 5.56 Å². The van der Waals surface area contributed by atoms with E-state index in [0.717, 1.165) is 37.4 Å². The highest BCUT2D eigenvalue weighted by Crippen LogP contribution is 2.11. The van der Waals surface area contributed by atoms with E-state index in [1.807, 2.05) is 6.92 Å². The summed E-state index contributed by atoms with van der Waals surface area (Å²) >= 11 is 1.13. The summed E-state index contributed by atoms with van der Waals surface area (Å²) in [5, 5.41) is 3.24. The molecule has 0 aliphatic rings. The van der Waals surface area contributed by atoms with Gasteiger partial charge in [0.2, 0.25) is 5.91 Å². The Balaban J connectivity index is 2.50. The molecule has 0 bridgehead atoms. The predicted molar refractivity (Wildman–Crippen MR) is 93.0 cm³/mol. The number of hydrogen-bond donors (Lipinski definition) is 2. The van der Waals surface area contributed by atoms with E-state index in [1.54, 1.807) is 0 Å². The Kier molecular flexibility index (Phi) is 9.14. The van der Waals surface area contributed by atoms with Gasteiger partial charge in [0, 0.05) is 12.1 Å². The standard InChI is InChI=1S/C16H25N3O4S/c1-4-5-6-7-11(2)17-14(21)10-24-16-18-12(8-13(20)19-16)9-15(22)23-3/h8,11H,4-7,9-10H2,1-3H3,(H,17,21)(H,18,19,20)/t11-/m0/s1. The van der Waals surface area contributed by atoms with E-state index in [2.05, 4.69) is 26.9 Å². The van der Waals surface area contributed by atoms with Crippen LogP contribution in [0.25, 0.3) is 0 Å². The Hall–Kier alpha value is -1.83. The van der Waals surface area contributed by atoms with Crippen molar-refractivity contribution in [3.8, 4) is 0 Å².